The predicted octanol–water partition coefficient (Wildman–Crippen LogP) is 2.45. The first-order valence-electron chi connectivity index (χ1n) is 6.72. The molecule has 1 aliphatic heterocycles. The second-order valence-corrected chi connectivity index (χ2v) is 6.14. The molecule has 3 unspecified atom stereocenters. The van der Waals surface area contributed by atoms with E-state index in [4.69, 9.17) is 0 Å². The minimum atomic E-state index is 0.669. The highest BCUT2D eigenvalue weighted by Crippen LogP contribution is 2.22. The molecule has 96 valence electrons. The van der Waals surface area contributed by atoms with Crippen molar-refractivity contribution in [3.8, 4) is 0 Å². The molecule has 0 aromatic carbocycles. The van der Waals surface area contributed by atoms with E-state index in [2.05, 4.69) is 49.8 Å². The fourth-order valence-corrected chi connectivity index (χ4v) is 3.65. The van der Waals surface area contributed by atoms with E-state index in [9.17, 15) is 0 Å². The zero-order valence-corrected chi connectivity index (χ0v) is 12.1. The van der Waals surface area contributed by atoms with E-state index < -0.39 is 0 Å². The molecular weight excluding hydrogens is 216 g/mol. The van der Waals surface area contributed by atoms with Crippen molar-refractivity contribution in [2.45, 2.75) is 45.7 Å². The molecule has 0 amide bonds. The van der Waals surface area contributed by atoms with Crippen LogP contribution in [0, 0.1) is 5.92 Å². The van der Waals surface area contributed by atoms with Crippen molar-refractivity contribution in [2.75, 3.05) is 31.6 Å². The zero-order chi connectivity index (χ0) is 12.0. The van der Waals surface area contributed by atoms with E-state index >= 15 is 0 Å². The molecule has 0 spiro atoms. The lowest BCUT2D eigenvalue weighted by molar-refractivity contribution is 0.177. The Morgan fingerprint density at radius 2 is 2.19 bits per heavy atom. The van der Waals surface area contributed by atoms with Gasteiger partial charge in [-0.1, -0.05) is 27.2 Å². The summed E-state index contributed by atoms with van der Waals surface area (Å²) < 4.78 is 0. The van der Waals surface area contributed by atoms with Crippen LogP contribution in [0.3, 0.4) is 0 Å². The summed E-state index contributed by atoms with van der Waals surface area (Å²) in [5, 5.41) is 3.77. The highest BCUT2D eigenvalue weighted by molar-refractivity contribution is 7.99. The Morgan fingerprint density at radius 3 is 2.75 bits per heavy atom. The fourth-order valence-electron chi connectivity index (χ4n) is 2.36. The number of hydrogen-bond donors (Lipinski definition) is 1. The van der Waals surface area contributed by atoms with Crippen molar-refractivity contribution in [3.05, 3.63) is 0 Å². The smallest absolute Gasteiger partial charge is 0.0339 e. The summed E-state index contributed by atoms with van der Waals surface area (Å²) in [6, 6.07) is 1.39. The van der Waals surface area contributed by atoms with Gasteiger partial charge in [0.25, 0.3) is 0 Å². The van der Waals surface area contributed by atoms with Gasteiger partial charge in [-0.3, -0.25) is 0 Å². The Labute approximate surface area is 106 Å². The Kier molecular flexibility index (Phi) is 6.78. The van der Waals surface area contributed by atoms with Gasteiger partial charge in [0.05, 0.1) is 0 Å². The first-order valence-corrected chi connectivity index (χ1v) is 7.87. The van der Waals surface area contributed by atoms with Gasteiger partial charge >= 0.3 is 0 Å². The molecule has 1 heterocycles. The third kappa shape index (κ3) is 3.94. The summed E-state index contributed by atoms with van der Waals surface area (Å²) in [5.41, 5.74) is 0. The summed E-state index contributed by atoms with van der Waals surface area (Å²) >= 11 is 2.11. The van der Waals surface area contributed by atoms with Gasteiger partial charge in [-0.15, -0.1) is 0 Å². The van der Waals surface area contributed by atoms with Gasteiger partial charge < -0.3 is 10.2 Å². The lowest BCUT2D eigenvalue weighted by Gasteiger charge is -2.40. The molecule has 1 fully saturated rings. The minimum Gasteiger partial charge on any atom is -0.312 e. The summed E-state index contributed by atoms with van der Waals surface area (Å²) in [7, 11) is 2.29. The van der Waals surface area contributed by atoms with Gasteiger partial charge in [-0.05, 0) is 25.9 Å². The number of nitrogens with one attached hydrogen (secondary N) is 1. The molecule has 0 aromatic rings. The molecule has 1 saturated heterocycles. The Hall–Kier alpha value is 0.270. The van der Waals surface area contributed by atoms with Crippen LogP contribution in [0.4, 0.5) is 0 Å². The highest BCUT2D eigenvalue weighted by Gasteiger charge is 2.30. The lowest BCUT2D eigenvalue weighted by Crippen LogP contribution is -2.55. The third-order valence-corrected chi connectivity index (χ3v) is 4.79. The normalized spacial score (nSPS) is 26.6. The SMILES string of the molecule is CCCNC(C(C)CC)C1CSCCN1C. The first-order chi connectivity index (χ1) is 7.70. The molecule has 0 radical (unpaired) electrons. The third-order valence-electron chi connectivity index (χ3n) is 3.74. The topological polar surface area (TPSA) is 15.3 Å². The van der Waals surface area contributed by atoms with Crippen LogP contribution in [0.15, 0.2) is 0 Å². The molecular formula is C13H28N2S. The molecule has 0 aliphatic carbocycles. The largest absolute Gasteiger partial charge is 0.312 e. The Balaban J connectivity index is 2.57. The maximum atomic E-state index is 3.77. The average Bonchev–Trinajstić information content (AvgIpc) is 2.31. The number of likely N-dealkylation sites (N-methyl/N-ethyl adjacent to an activating group) is 1. The van der Waals surface area contributed by atoms with Gasteiger partial charge in [0.15, 0.2) is 0 Å². The van der Waals surface area contributed by atoms with Crippen molar-refractivity contribution < 1.29 is 0 Å². The van der Waals surface area contributed by atoms with Crippen LogP contribution in [0.2, 0.25) is 0 Å². The van der Waals surface area contributed by atoms with Crippen LogP contribution in [0.1, 0.15) is 33.6 Å². The van der Waals surface area contributed by atoms with Crippen molar-refractivity contribution in [2.24, 2.45) is 5.92 Å². The minimum absolute atomic E-state index is 0.669. The second-order valence-electron chi connectivity index (χ2n) is 4.99. The van der Waals surface area contributed by atoms with E-state index in [1.807, 2.05) is 0 Å². The van der Waals surface area contributed by atoms with Gasteiger partial charge in [0, 0.05) is 30.1 Å². The van der Waals surface area contributed by atoms with Crippen molar-refractivity contribution in [1.82, 2.24) is 10.2 Å². The van der Waals surface area contributed by atoms with E-state index in [1.165, 1.54) is 30.9 Å². The first kappa shape index (κ1) is 14.3. The number of nitrogens with zero attached hydrogens (tertiary/aromatic N) is 1. The predicted molar refractivity (Wildman–Crippen MR) is 75.3 cm³/mol. The lowest BCUT2D eigenvalue weighted by atomic mass is 9.92. The Bertz CT molecular complexity index is 187. The standard InChI is InChI=1S/C13H28N2S/c1-5-7-14-13(11(3)6-2)12-10-16-9-8-15(12)4/h11-14H,5-10H2,1-4H3. The molecule has 0 aromatic heterocycles. The monoisotopic (exact) mass is 244 g/mol. The molecule has 1 rings (SSSR count). The van der Waals surface area contributed by atoms with E-state index in [1.54, 1.807) is 0 Å². The number of rotatable bonds is 6. The summed E-state index contributed by atoms with van der Waals surface area (Å²) in [6.45, 7) is 9.35. The molecule has 1 aliphatic rings. The number of hydrogen-bond acceptors (Lipinski definition) is 3. The number of thioether (sulfide) groups is 1. The fraction of sp³-hybridized carbons (Fsp3) is 1.00. The van der Waals surface area contributed by atoms with E-state index in [-0.39, 0.29) is 0 Å². The van der Waals surface area contributed by atoms with Crippen LogP contribution < -0.4 is 5.32 Å². The highest BCUT2D eigenvalue weighted by atomic mass is 32.2. The maximum Gasteiger partial charge on any atom is 0.0339 e. The molecule has 16 heavy (non-hydrogen) atoms. The maximum absolute atomic E-state index is 3.77. The van der Waals surface area contributed by atoms with Crippen LogP contribution in [0.25, 0.3) is 0 Å². The summed E-state index contributed by atoms with van der Waals surface area (Å²) in [5.74, 6) is 3.37. The van der Waals surface area contributed by atoms with Crippen LogP contribution in [-0.2, 0) is 0 Å². The van der Waals surface area contributed by atoms with Crippen LogP contribution in [-0.4, -0.2) is 48.6 Å². The van der Waals surface area contributed by atoms with Crippen molar-refractivity contribution >= 4 is 11.8 Å². The summed E-state index contributed by atoms with van der Waals surface area (Å²) in [6.07, 6.45) is 2.51. The molecule has 2 nitrogen and oxygen atoms in total. The van der Waals surface area contributed by atoms with E-state index in [0.717, 1.165) is 18.5 Å². The van der Waals surface area contributed by atoms with Gasteiger partial charge in [-0.2, -0.15) is 11.8 Å². The second kappa shape index (κ2) is 7.57. The van der Waals surface area contributed by atoms with E-state index in [0.29, 0.717) is 6.04 Å². The molecule has 3 atom stereocenters. The Morgan fingerprint density at radius 1 is 1.44 bits per heavy atom. The van der Waals surface area contributed by atoms with Gasteiger partial charge in [-0.25, -0.2) is 0 Å². The quantitative estimate of drug-likeness (QED) is 0.772. The van der Waals surface area contributed by atoms with Crippen molar-refractivity contribution in [1.29, 1.82) is 0 Å². The van der Waals surface area contributed by atoms with Gasteiger partial charge in [0.1, 0.15) is 0 Å². The van der Waals surface area contributed by atoms with Crippen LogP contribution in [0.5, 0.6) is 0 Å². The average molecular weight is 244 g/mol. The van der Waals surface area contributed by atoms with Crippen molar-refractivity contribution in [3.63, 3.8) is 0 Å². The molecule has 0 saturated carbocycles. The molecule has 0 bridgehead atoms. The summed E-state index contributed by atoms with van der Waals surface area (Å²) in [4.78, 5) is 2.55. The molecule has 3 heteroatoms. The zero-order valence-electron chi connectivity index (χ0n) is 11.3. The van der Waals surface area contributed by atoms with Crippen LogP contribution >= 0.6 is 11.8 Å². The van der Waals surface area contributed by atoms with Gasteiger partial charge in [0.2, 0.25) is 0 Å². The molecule has 1 N–H and O–H groups in total.